The molecule has 2 aromatic rings. The minimum Gasteiger partial charge on any atom is -0.192 e. The van der Waals surface area contributed by atoms with Gasteiger partial charge in [-0.05, 0) is 29.8 Å². The van der Waals surface area contributed by atoms with E-state index >= 15 is 0 Å². The molecule has 2 rings (SSSR count). The van der Waals surface area contributed by atoms with E-state index in [0.29, 0.717) is 16.1 Å². The van der Waals surface area contributed by atoms with Crippen LogP contribution in [-0.4, -0.2) is 0 Å². The number of nitriles is 1. The summed E-state index contributed by atoms with van der Waals surface area (Å²) in [4.78, 5) is 0. The summed E-state index contributed by atoms with van der Waals surface area (Å²) >= 11 is 6.00. The molecule has 21 heavy (non-hydrogen) atoms. The van der Waals surface area contributed by atoms with Gasteiger partial charge in [0, 0.05) is 10.6 Å². The Balaban J connectivity index is 2.47. The highest BCUT2D eigenvalue weighted by molar-refractivity contribution is 6.32. The van der Waals surface area contributed by atoms with E-state index < -0.39 is 11.7 Å². The van der Waals surface area contributed by atoms with E-state index in [1.165, 1.54) is 18.2 Å². The molecular formula is C16H9ClF3N. The molecular weight excluding hydrogens is 299 g/mol. The quantitative estimate of drug-likeness (QED) is 0.536. The van der Waals surface area contributed by atoms with E-state index in [9.17, 15) is 18.4 Å². The Morgan fingerprint density at radius 1 is 1.10 bits per heavy atom. The van der Waals surface area contributed by atoms with E-state index in [4.69, 9.17) is 11.6 Å². The Hall–Kier alpha value is -2.25. The summed E-state index contributed by atoms with van der Waals surface area (Å²) < 4.78 is 38.0. The molecule has 0 radical (unpaired) electrons. The van der Waals surface area contributed by atoms with Crippen LogP contribution in [0.5, 0.6) is 0 Å². The lowest BCUT2D eigenvalue weighted by atomic mass is 10.0. The molecule has 0 unspecified atom stereocenters. The smallest absolute Gasteiger partial charge is 0.192 e. The van der Waals surface area contributed by atoms with Gasteiger partial charge in [-0.15, -0.1) is 0 Å². The van der Waals surface area contributed by atoms with Crippen molar-refractivity contribution in [1.29, 1.82) is 5.26 Å². The third-order valence-corrected chi connectivity index (χ3v) is 3.14. The lowest BCUT2D eigenvalue weighted by Gasteiger charge is -2.07. The number of rotatable bonds is 2. The molecule has 0 aliphatic heterocycles. The molecule has 0 bridgehead atoms. The Labute approximate surface area is 124 Å². The highest BCUT2D eigenvalue weighted by Crippen LogP contribution is 2.31. The molecule has 106 valence electrons. The Bertz CT molecular complexity index is 727. The summed E-state index contributed by atoms with van der Waals surface area (Å²) in [6.07, 6.45) is -3.03. The summed E-state index contributed by atoms with van der Waals surface area (Å²) in [5.41, 5.74) is 0.230. The predicted octanol–water partition coefficient (Wildman–Crippen LogP) is 5.42. The zero-order chi connectivity index (χ0) is 15.5. The van der Waals surface area contributed by atoms with Crippen molar-refractivity contribution >= 4 is 23.3 Å². The second kappa shape index (κ2) is 6.02. The van der Waals surface area contributed by atoms with Gasteiger partial charge < -0.3 is 0 Å². The van der Waals surface area contributed by atoms with Crippen molar-refractivity contribution in [2.75, 3.05) is 0 Å². The topological polar surface area (TPSA) is 23.8 Å². The molecule has 5 heteroatoms. The van der Waals surface area contributed by atoms with Crippen LogP contribution in [0.2, 0.25) is 5.02 Å². The minimum atomic E-state index is -4.42. The summed E-state index contributed by atoms with van der Waals surface area (Å²) in [7, 11) is 0. The highest BCUT2D eigenvalue weighted by atomic mass is 35.5. The molecule has 0 fully saturated rings. The summed E-state index contributed by atoms with van der Waals surface area (Å²) in [6, 6.07) is 13.4. The molecule has 0 atom stereocenters. The second-order valence-electron chi connectivity index (χ2n) is 4.27. The van der Waals surface area contributed by atoms with Gasteiger partial charge in [-0.1, -0.05) is 41.9 Å². The molecule has 0 spiro atoms. The monoisotopic (exact) mass is 307 g/mol. The SMILES string of the molecule is N#CC(=Cc1cccc(C(F)(F)F)c1)c1ccccc1Cl. The van der Waals surface area contributed by atoms with Crippen molar-refractivity contribution in [2.45, 2.75) is 6.18 Å². The lowest BCUT2D eigenvalue weighted by molar-refractivity contribution is -0.137. The molecule has 0 amide bonds. The molecule has 0 heterocycles. The van der Waals surface area contributed by atoms with Crippen molar-refractivity contribution in [3.63, 3.8) is 0 Å². The maximum atomic E-state index is 12.7. The molecule has 0 saturated heterocycles. The van der Waals surface area contributed by atoms with Crippen LogP contribution in [0.15, 0.2) is 48.5 Å². The maximum Gasteiger partial charge on any atom is 0.416 e. The van der Waals surface area contributed by atoms with Gasteiger partial charge in [0.25, 0.3) is 0 Å². The number of nitrogens with zero attached hydrogens (tertiary/aromatic N) is 1. The average molecular weight is 308 g/mol. The fourth-order valence-electron chi connectivity index (χ4n) is 1.82. The van der Waals surface area contributed by atoms with E-state index in [1.807, 2.05) is 6.07 Å². The normalized spacial score (nSPS) is 12.0. The number of halogens is 4. The van der Waals surface area contributed by atoms with Crippen molar-refractivity contribution in [3.8, 4) is 6.07 Å². The third kappa shape index (κ3) is 3.65. The van der Waals surface area contributed by atoms with Crippen LogP contribution in [-0.2, 0) is 6.18 Å². The van der Waals surface area contributed by atoms with Gasteiger partial charge in [0.2, 0.25) is 0 Å². The largest absolute Gasteiger partial charge is 0.416 e. The zero-order valence-electron chi connectivity index (χ0n) is 10.7. The first-order valence-electron chi connectivity index (χ1n) is 5.96. The van der Waals surface area contributed by atoms with Crippen LogP contribution in [0, 0.1) is 11.3 Å². The fraction of sp³-hybridized carbons (Fsp3) is 0.0625. The van der Waals surface area contributed by atoms with Gasteiger partial charge in [-0.2, -0.15) is 18.4 Å². The first-order valence-corrected chi connectivity index (χ1v) is 6.33. The molecule has 0 aromatic heterocycles. The van der Waals surface area contributed by atoms with Crippen LogP contribution >= 0.6 is 11.6 Å². The standard InChI is InChI=1S/C16H9ClF3N/c17-15-7-2-1-6-14(15)12(10-21)8-11-4-3-5-13(9-11)16(18,19)20/h1-9H. The van der Waals surface area contributed by atoms with Crippen LogP contribution in [0.25, 0.3) is 11.6 Å². The number of hydrogen-bond acceptors (Lipinski definition) is 1. The highest BCUT2D eigenvalue weighted by Gasteiger charge is 2.30. The summed E-state index contributed by atoms with van der Waals surface area (Å²) in [5.74, 6) is 0. The van der Waals surface area contributed by atoms with Gasteiger partial charge in [-0.3, -0.25) is 0 Å². The summed E-state index contributed by atoms with van der Waals surface area (Å²) in [6.45, 7) is 0. The Kier molecular flexibility index (Phi) is 4.35. The van der Waals surface area contributed by atoms with Crippen LogP contribution in [0.4, 0.5) is 13.2 Å². The van der Waals surface area contributed by atoms with Crippen LogP contribution < -0.4 is 0 Å². The fourth-order valence-corrected chi connectivity index (χ4v) is 2.06. The number of benzene rings is 2. The van der Waals surface area contributed by atoms with E-state index in [2.05, 4.69) is 0 Å². The van der Waals surface area contributed by atoms with Crippen molar-refractivity contribution < 1.29 is 13.2 Å². The van der Waals surface area contributed by atoms with Crippen LogP contribution in [0.3, 0.4) is 0 Å². The maximum absolute atomic E-state index is 12.7. The minimum absolute atomic E-state index is 0.208. The first kappa shape index (κ1) is 15.1. The summed E-state index contributed by atoms with van der Waals surface area (Å²) in [5, 5.41) is 9.57. The molecule has 0 aliphatic rings. The lowest BCUT2D eigenvalue weighted by Crippen LogP contribution is -2.04. The van der Waals surface area contributed by atoms with Gasteiger partial charge in [0.15, 0.2) is 0 Å². The van der Waals surface area contributed by atoms with Crippen molar-refractivity contribution in [1.82, 2.24) is 0 Å². The number of allylic oxidation sites excluding steroid dienone is 1. The molecule has 2 aromatic carbocycles. The Morgan fingerprint density at radius 2 is 1.81 bits per heavy atom. The molecule has 1 nitrogen and oxygen atoms in total. The van der Waals surface area contributed by atoms with Gasteiger partial charge in [0.05, 0.1) is 17.2 Å². The number of alkyl halides is 3. The van der Waals surface area contributed by atoms with E-state index in [1.54, 1.807) is 24.3 Å². The van der Waals surface area contributed by atoms with Crippen molar-refractivity contribution in [2.24, 2.45) is 0 Å². The zero-order valence-corrected chi connectivity index (χ0v) is 11.4. The van der Waals surface area contributed by atoms with E-state index in [0.717, 1.165) is 12.1 Å². The van der Waals surface area contributed by atoms with Crippen molar-refractivity contribution in [3.05, 3.63) is 70.2 Å². The second-order valence-corrected chi connectivity index (χ2v) is 4.68. The molecule has 0 aliphatic carbocycles. The average Bonchev–Trinajstić information content (AvgIpc) is 2.45. The predicted molar refractivity (Wildman–Crippen MR) is 76.4 cm³/mol. The number of hydrogen-bond donors (Lipinski definition) is 0. The Morgan fingerprint density at radius 3 is 2.43 bits per heavy atom. The first-order chi connectivity index (χ1) is 9.91. The van der Waals surface area contributed by atoms with Gasteiger partial charge in [-0.25, -0.2) is 0 Å². The molecule has 0 saturated carbocycles. The van der Waals surface area contributed by atoms with Crippen LogP contribution in [0.1, 0.15) is 16.7 Å². The van der Waals surface area contributed by atoms with E-state index in [-0.39, 0.29) is 5.57 Å². The third-order valence-electron chi connectivity index (χ3n) is 2.81. The van der Waals surface area contributed by atoms with Gasteiger partial charge >= 0.3 is 6.18 Å². The van der Waals surface area contributed by atoms with Gasteiger partial charge in [0.1, 0.15) is 0 Å². The molecule has 0 N–H and O–H groups in total.